The van der Waals surface area contributed by atoms with Gasteiger partial charge in [-0.1, -0.05) is 32.4 Å². The Balaban J connectivity index is 2.56. The molecule has 0 aliphatic carbocycles. The minimum atomic E-state index is -0.884. The van der Waals surface area contributed by atoms with Crippen molar-refractivity contribution >= 4 is 5.91 Å². The topological polar surface area (TPSA) is 64.4 Å². The first-order chi connectivity index (χ1) is 9.90. The van der Waals surface area contributed by atoms with Gasteiger partial charge >= 0.3 is 0 Å². The van der Waals surface area contributed by atoms with Gasteiger partial charge in [-0.3, -0.25) is 4.79 Å². The highest BCUT2D eigenvalue weighted by Crippen LogP contribution is 2.18. The van der Waals surface area contributed by atoms with Crippen molar-refractivity contribution in [3.05, 3.63) is 30.1 Å². The van der Waals surface area contributed by atoms with E-state index >= 15 is 0 Å². The molecule has 0 fully saturated rings. The van der Waals surface area contributed by atoms with Crippen LogP contribution in [0.15, 0.2) is 24.3 Å². The molecule has 0 spiro atoms. The highest BCUT2D eigenvalue weighted by Gasteiger charge is 2.27. The van der Waals surface area contributed by atoms with E-state index in [2.05, 4.69) is 5.32 Å². The highest BCUT2D eigenvalue weighted by atomic mass is 19.1. The zero-order valence-corrected chi connectivity index (χ0v) is 13.0. The fraction of sp³-hybridized carbons (Fsp3) is 0.562. The number of hydrogen-bond acceptors (Lipinski definition) is 3. The standard InChI is InChI=1S/C16H25FN2O2/c1-4-10-16(3,18)15(20)19-11-12(5-2)21-14-9-7-6-8-13(14)17/h6-9,12H,4-5,10-11,18H2,1-3H3,(H,19,20). The number of halogens is 1. The molecule has 0 saturated carbocycles. The minimum Gasteiger partial charge on any atom is -0.486 e. The van der Waals surface area contributed by atoms with Gasteiger partial charge in [0, 0.05) is 0 Å². The number of nitrogens with one attached hydrogen (secondary N) is 1. The van der Waals surface area contributed by atoms with Crippen LogP contribution in [0, 0.1) is 5.82 Å². The van der Waals surface area contributed by atoms with Crippen LogP contribution in [0.5, 0.6) is 5.75 Å². The highest BCUT2D eigenvalue weighted by molar-refractivity contribution is 5.85. The third-order valence-corrected chi connectivity index (χ3v) is 3.36. The predicted octanol–water partition coefficient (Wildman–Crippen LogP) is 2.62. The molecule has 2 atom stereocenters. The van der Waals surface area contributed by atoms with Crippen LogP contribution >= 0.6 is 0 Å². The van der Waals surface area contributed by atoms with Gasteiger partial charge < -0.3 is 15.8 Å². The molecule has 0 heterocycles. The molecule has 1 aromatic rings. The summed E-state index contributed by atoms with van der Waals surface area (Å²) in [5.41, 5.74) is 5.08. The number of para-hydroxylation sites is 1. The van der Waals surface area contributed by atoms with Crippen LogP contribution < -0.4 is 15.8 Å². The summed E-state index contributed by atoms with van der Waals surface area (Å²) in [6.45, 7) is 5.92. The summed E-state index contributed by atoms with van der Waals surface area (Å²) >= 11 is 0. The monoisotopic (exact) mass is 296 g/mol. The second-order valence-electron chi connectivity index (χ2n) is 5.46. The van der Waals surface area contributed by atoms with Crippen molar-refractivity contribution in [2.45, 2.75) is 51.7 Å². The first-order valence-corrected chi connectivity index (χ1v) is 7.39. The van der Waals surface area contributed by atoms with Crippen LogP contribution in [-0.2, 0) is 4.79 Å². The maximum Gasteiger partial charge on any atom is 0.239 e. The van der Waals surface area contributed by atoms with Crippen LogP contribution in [0.1, 0.15) is 40.0 Å². The fourth-order valence-electron chi connectivity index (χ4n) is 2.03. The molecule has 4 nitrogen and oxygen atoms in total. The number of rotatable bonds is 8. The van der Waals surface area contributed by atoms with Gasteiger partial charge in [0.05, 0.1) is 12.1 Å². The van der Waals surface area contributed by atoms with Crippen molar-refractivity contribution in [3.63, 3.8) is 0 Å². The van der Waals surface area contributed by atoms with E-state index in [1.807, 2.05) is 13.8 Å². The van der Waals surface area contributed by atoms with Crippen molar-refractivity contribution in [3.8, 4) is 5.75 Å². The minimum absolute atomic E-state index is 0.197. The number of ether oxygens (including phenoxy) is 1. The van der Waals surface area contributed by atoms with E-state index in [-0.39, 0.29) is 17.8 Å². The number of benzene rings is 1. The molecule has 0 aliphatic rings. The molecular weight excluding hydrogens is 271 g/mol. The van der Waals surface area contributed by atoms with E-state index in [1.54, 1.807) is 25.1 Å². The molecule has 3 N–H and O–H groups in total. The summed E-state index contributed by atoms with van der Waals surface area (Å²) in [4.78, 5) is 12.0. The Morgan fingerprint density at radius 2 is 2.10 bits per heavy atom. The third kappa shape index (κ3) is 5.34. The van der Waals surface area contributed by atoms with E-state index < -0.39 is 11.4 Å². The van der Waals surface area contributed by atoms with Gasteiger partial charge in [-0.25, -0.2) is 4.39 Å². The summed E-state index contributed by atoms with van der Waals surface area (Å²) in [7, 11) is 0. The average Bonchev–Trinajstić information content (AvgIpc) is 2.44. The zero-order valence-electron chi connectivity index (χ0n) is 13.0. The number of amides is 1. The van der Waals surface area contributed by atoms with Crippen LogP contribution in [0.4, 0.5) is 4.39 Å². The molecule has 0 aromatic heterocycles. The third-order valence-electron chi connectivity index (χ3n) is 3.36. The fourth-order valence-corrected chi connectivity index (χ4v) is 2.03. The average molecular weight is 296 g/mol. The van der Waals surface area contributed by atoms with E-state index in [0.717, 1.165) is 6.42 Å². The van der Waals surface area contributed by atoms with Gasteiger partial charge in [0.15, 0.2) is 11.6 Å². The number of carbonyl (C=O) groups excluding carboxylic acids is 1. The Bertz CT molecular complexity index is 463. The lowest BCUT2D eigenvalue weighted by molar-refractivity contribution is -0.126. The molecule has 21 heavy (non-hydrogen) atoms. The molecule has 5 heteroatoms. The zero-order chi connectivity index (χ0) is 15.9. The summed E-state index contributed by atoms with van der Waals surface area (Å²) in [6.07, 6.45) is 1.82. The van der Waals surface area contributed by atoms with Gasteiger partial charge in [0.2, 0.25) is 5.91 Å². The van der Waals surface area contributed by atoms with Gasteiger partial charge in [-0.05, 0) is 31.9 Å². The lowest BCUT2D eigenvalue weighted by Crippen LogP contribution is -2.53. The molecule has 1 amide bonds. The second kappa shape index (κ2) is 7.98. The lowest BCUT2D eigenvalue weighted by atomic mass is 9.96. The molecule has 118 valence electrons. The van der Waals surface area contributed by atoms with Crippen molar-refractivity contribution in [1.82, 2.24) is 5.32 Å². The summed E-state index contributed by atoms with van der Waals surface area (Å²) in [5.74, 6) is -0.417. The van der Waals surface area contributed by atoms with Gasteiger partial charge in [-0.15, -0.1) is 0 Å². The molecule has 0 bridgehead atoms. The number of hydrogen-bond donors (Lipinski definition) is 2. The smallest absolute Gasteiger partial charge is 0.239 e. The first-order valence-electron chi connectivity index (χ1n) is 7.39. The van der Waals surface area contributed by atoms with Crippen molar-refractivity contribution < 1.29 is 13.9 Å². The Morgan fingerprint density at radius 1 is 1.43 bits per heavy atom. The summed E-state index contributed by atoms with van der Waals surface area (Å²) in [6, 6.07) is 6.24. The quantitative estimate of drug-likeness (QED) is 0.775. The van der Waals surface area contributed by atoms with Crippen molar-refractivity contribution in [2.24, 2.45) is 5.73 Å². The lowest BCUT2D eigenvalue weighted by Gasteiger charge is -2.25. The van der Waals surface area contributed by atoms with Crippen molar-refractivity contribution in [2.75, 3.05) is 6.54 Å². The van der Waals surface area contributed by atoms with Gasteiger partial charge in [-0.2, -0.15) is 0 Å². The molecular formula is C16H25FN2O2. The molecule has 1 aromatic carbocycles. The van der Waals surface area contributed by atoms with E-state index in [0.29, 0.717) is 19.4 Å². The largest absolute Gasteiger partial charge is 0.486 e. The Kier molecular flexibility index (Phi) is 6.62. The van der Waals surface area contributed by atoms with Crippen LogP contribution in [0.3, 0.4) is 0 Å². The van der Waals surface area contributed by atoms with E-state index in [9.17, 15) is 9.18 Å². The summed E-state index contributed by atoms with van der Waals surface area (Å²) in [5, 5.41) is 2.79. The van der Waals surface area contributed by atoms with Crippen LogP contribution in [0.25, 0.3) is 0 Å². The normalized spacial score (nSPS) is 15.1. The Labute approximate surface area is 125 Å². The Morgan fingerprint density at radius 3 is 2.67 bits per heavy atom. The van der Waals surface area contributed by atoms with E-state index in [4.69, 9.17) is 10.5 Å². The SMILES string of the molecule is CCCC(C)(N)C(=O)NCC(CC)Oc1ccccc1F. The van der Waals surface area contributed by atoms with Gasteiger partial charge in [0.25, 0.3) is 0 Å². The van der Waals surface area contributed by atoms with E-state index in [1.165, 1.54) is 6.07 Å². The van der Waals surface area contributed by atoms with Crippen LogP contribution in [-0.4, -0.2) is 24.1 Å². The summed E-state index contributed by atoms with van der Waals surface area (Å²) < 4.78 is 19.1. The van der Waals surface area contributed by atoms with Crippen LogP contribution in [0.2, 0.25) is 0 Å². The molecule has 0 saturated heterocycles. The second-order valence-corrected chi connectivity index (χ2v) is 5.46. The molecule has 2 unspecified atom stereocenters. The maximum atomic E-state index is 13.5. The first kappa shape index (κ1) is 17.4. The molecule has 1 rings (SSSR count). The number of carbonyl (C=O) groups is 1. The predicted molar refractivity (Wildman–Crippen MR) is 81.6 cm³/mol. The molecule has 0 aliphatic heterocycles. The maximum absolute atomic E-state index is 13.5. The number of nitrogens with two attached hydrogens (primary N) is 1. The molecule has 0 radical (unpaired) electrons. The van der Waals surface area contributed by atoms with Gasteiger partial charge in [0.1, 0.15) is 6.10 Å². The Hall–Kier alpha value is -1.62. The van der Waals surface area contributed by atoms with Crippen molar-refractivity contribution in [1.29, 1.82) is 0 Å².